The van der Waals surface area contributed by atoms with E-state index in [4.69, 9.17) is 5.73 Å². The first-order chi connectivity index (χ1) is 17.2. The van der Waals surface area contributed by atoms with E-state index in [2.05, 4.69) is 27.5 Å². The quantitative estimate of drug-likeness (QED) is 0.545. The van der Waals surface area contributed by atoms with E-state index < -0.39 is 17.6 Å². The summed E-state index contributed by atoms with van der Waals surface area (Å²) in [6.45, 7) is 1.85. The smallest absolute Gasteiger partial charge is 0.383 e. The van der Waals surface area contributed by atoms with Crippen LogP contribution in [-0.4, -0.2) is 38.8 Å². The number of carbonyl (C=O) groups excluding carboxylic acids is 1. The zero-order valence-corrected chi connectivity index (χ0v) is 19.6. The van der Waals surface area contributed by atoms with Crippen LogP contribution in [0.4, 0.5) is 23.8 Å². The van der Waals surface area contributed by atoms with Gasteiger partial charge in [0.1, 0.15) is 5.82 Å². The summed E-state index contributed by atoms with van der Waals surface area (Å²) in [5.74, 6) is -0.0783. The Hall–Kier alpha value is -3.56. The summed E-state index contributed by atoms with van der Waals surface area (Å²) in [6, 6.07) is 12.9. The van der Waals surface area contributed by atoms with Crippen LogP contribution < -0.4 is 11.1 Å². The molecule has 188 valence electrons. The Kier molecular flexibility index (Phi) is 5.24. The van der Waals surface area contributed by atoms with Crippen LogP contribution in [0.25, 0.3) is 11.3 Å². The third kappa shape index (κ3) is 3.98. The topological polar surface area (TPSA) is 89.1 Å². The number of amides is 2. The highest BCUT2D eigenvalue weighted by Gasteiger charge is 2.47. The third-order valence-electron chi connectivity index (χ3n) is 7.82. The lowest BCUT2D eigenvalue weighted by Crippen LogP contribution is -2.42. The van der Waals surface area contributed by atoms with Crippen LogP contribution in [0.5, 0.6) is 0 Å². The van der Waals surface area contributed by atoms with E-state index in [9.17, 15) is 18.0 Å². The second-order valence-corrected chi connectivity index (χ2v) is 10.2. The number of fused-ring (bicyclic) bond motifs is 2. The Morgan fingerprint density at radius 2 is 1.89 bits per heavy atom. The van der Waals surface area contributed by atoms with Gasteiger partial charge in [0.2, 0.25) is 0 Å². The van der Waals surface area contributed by atoms with Crippen molar-refractivity contribution in [3.05, 3.63) is 65.5 Å². The van der Waals surface area contributed by atoms with E-state index in [0.29, 0.717) is 31.2 Å². The van der Waals surface area contributed by atoms with E-state index in [1.165, 1.54) is 6.20 Å². The fourth-order valence-electron chi connectivity index (χ4n) is 5.69. The number of nitrogen functional groups attached to an aromatic ring is 1. The molecule has 1 aromatic carbocycles. The van der Waals surface area contributed by atoms with Gasteiger partial charge < -0.3 is 16.0 Å². The minimum atomic E-state index is -4.59. The van der Waals surface area contributed by atoms with Gasteiger partial charge in [0, 0.05) is 42.5 Å². The molecule has 1 saturated carbocycles. The van der Waals surface area contributed by atoms with Gasteiger partial charge in [-0.3, -0.25) is 4.68 Å². The highest BCUT2D eigenvalue weighted by molar-refractivity contribution is 5.75. The van der Waals surface area contributed by atoms with Crippen molar-refractivity contribution in [3.8, 4) is 11.3 Å². The van der Waals surface area contributed by atoms with Crippen LogP contribution >= 0.6 is 0 Å². The maximum Gasteiger partial charge on any atom is 0.419 e. The van der Waals surface area contributed by atoms with Gasteiger partial charge in [0.15, 0.2) is 0 Å². The molecule has 0 radical (unpaired) electrons. The highest BCUT2D eigenvalue weighted by atomic mass is 19.4. The molecule has 2 amide bonds. The van der Waals surface area contributed by atoms with Crippen molar-refractivity contribution in [2.75, 3.05) is 18.8 Å². The monoisotopic (exact) mass is 496 g/mol. The fraction of sp³-hybridized carbons (Fsp3) is 0.423. The predicted octanol–water partition coefficient (Wildman–Crippen LogP) is 4.75. The molecule has 2 atom stereocenters. The normalized spacial score (nSPS) is 22.1. The molecule has 4 heterocycles. The van der Waals surface area contributed by atoms with Gasteiger partial charge in [0.25, 0.3) is 0 Å². The molecule has 0 bridgehead atoms. The molecule has 3 N–H and O–H groups in total. The molecule has 36 heavy (non-hydrogen) atoms. The number of halogens is 3. The van der Waals surface area contributed by atoms with Gasteiger partial charge in [0.05, 0.1) is 17.3 Å². The van der Waals surface area contributed by atoms with Gasteiger partial charge in [-0.2, -0.15) is 18.3 Å². The molecule has 7 nitrogen and oxygen atoms in total. The van der Waals surface area contributed by atoms with Crippen LogP contribution in [0.1, 0.15) is 48.5 Å². The van der Waals surface area contributed by atoms with E-state index in [-0.39, 0.29) is 23.1 Å². The summed E-state index contributed by atoms with van der Waals surface area (Å²) in [6.07, 6.45) is 0.597. The number of hydrogen-bond donors (Lipinski definition) is 2. The van der Waals surface area contributed by atoms with Crippen LogP contribution in [0.2, 0.25) is 0 Å². The molecular weight excluding hydrogens is 469 g/mol. The molecule has 2 aromatic heterocycles. The maximum absolute atomic E-state index is 13.3. The summed E-state index contributed by atoms with van der Waals surface area (Å²) in [7, 11) is 0. The van der Waals surface area contributed by atoms with E-state index in [0.717, 1.165) is 43.0 Å². The van der Waals surface area contributed by atoms with Gasteiger partial charge in [-0.1, -0.05) is 30.3 Å². The van der Waals surface area contributed by atoms with Crippen molar-refractivity contribution in [1.29, 1.82) is 0 Å². The number of nitrogens with zero attached hydrogens (tertiary/aromatic N) is 4. The van der Waals surface area contributed by atoms with Crippen molar-refractivity contribution in [2.45, 2.75) is 49.9 Å². The number of aryl methyl sites for hydroxylation is 1. The predicted molar refractivity (Wildman–Crippen MR) is 128 cm³/mol. The fourth-order valence-corrected chi connectivity index (χ4v) is 5.69. The van der Waals surface area contributed by atoms with Crippen LogP contribution in [0.3, 0.4) is 0 Å². The second kappa shape index (κ2) is 8.25. The highest BCUT2D eigenvalue weighted by Crippen LogP contribution is 2.45. The molecular formula is C26H27F3N6O. The Morgan fingerprint density at radius 3 is 2.61 bits per heavy atom. The second-order valence-electron chi connectivity index (χ2n) is 10.2. The van der Waals surface area contributed by atoms with E-state index in [1.54, 1.807) is 0 Å². The van der Waals surface area contributed by atoms with Crippen molar-refractivity contribution in [3.63, 3.8) is 0 Å². The number of likely N-dealkylation sites (tertiary alicyclic amines) is 1. The molecule has 1 aliphatic carbocycles. The van der Waals surface area contributed by atoms with Crippen molar-refractivity contribution < 1.29 is 18.0 Å². The zero-order valence-electron chi connectivity index (χ0n) is 19.6. The Bertz CT molecular complexity index is 1300. The van der Waals surface area contributed by atoms with Crippen molar-refractivity contribution >= 4 is 11.8 Å². The van der Waals surface area contributed by atoms with E-state index >= 15 is 0 Å². The number of benzene rings is 1. The molecule has 3 aliphatic rings. The molecule has 6 rings (SSSR count). The number of rotatable bonds is 4. The summed E-state index contributed by atoms with van der Waals surface area (Å²) in [4.78, 5) is 18.9. The molecule has 1 unspecified atom stereocenters. The average molecular weight is 497 g/mol. The van der Waals surface area contributed by atoms with Gasteiger partial charge >= 0.3 is 12.2 Å². The number of urea groups is 1. The van der Waals surface area contributed by atoms with Gasteiger partial charge in [-0.25, -0.2) is 9.78 Å². The number of carbonyl (C=O) groups is 1. The lowest BCUT2D eigenvalue weighted by Gasteiger charge is -2.26. The molecule has 2 aliphatic heterocycles. The van der Waals surface area contributed by atoms with E-state index in [1.807, 2.05) is 33.8 Å². The number of aromatic nitrogens is 3. The Balaban J connectivity index is 1.21. The first-order valence-electron chi connectivity index (χ1n) is 12.3. The van der Waals surface area contributed by atoms with Gasteiger partial charge in [-0.05, 0) is 49.3 Å². The summed E-state index contributed by atoms with van der Waals surface area (Å²) >= 11 is 0. The number of nitrogens with one attached hydrogen (secondary N) is 1. The lowest BCUT2D eigenvalue weighted by atomic mass is 9.82. The number of nitrogens with two attached hydrogens (primary N) is 1. The summed E-state index contributed by atoms with van der Waals surface area (Å²) in [5, 5.41) is 7.83. The summed E-state index contributed by atoms with van der Waals surface area (Å²) < 4.78 is 41.8. The minimum absolute atomic E-state index is 0.0109. The minimum Gasteiger partial charge on any atom is -0.383 e. The van der Waals surface area contributed by atoms with Crippen molar-refractivity contribution in [2.24, 2.45) is 5.92 Å². The maximum atomic E-state index is 13.3. The van der Waals surface area contributed by atoms with Crippen molar-refractivity contribution in [1.82, 2.24) is 25.0 Å². The standard InChI is InChI=1S/C26H27F3N6O/c27-26(28,29)19-12-18(14-31-23(19)30)20-13-21-25(9-11-35(21)33-20)8-10-34(15-25)24(36)32-22(17-6-7-17)16-4-2-1-3-5-16/h1-5,12-14,17,22H,6-11,15H2,(H2,30,31)(H,32,36)/t22?,25-/m1/s1. The number of pyridine rings is 1. The number of hydrogen-bond acceptors (Lipinski definition) is 4. The molecule has 10 heteroatoms. The number of anilines is 1. The Morgan fingerprint density at radius 1 is 1.14 bits per heavy atom. The molecule has 2 fully saturated rings. The molecule has 1 saturated heterocycles. The Labute approximate surface area is 206 Å². The first kappa shape index (κ1) is 22.9. The SMILES string of the molecule is Nc1ncc(-c2cc3n(n2)CC[C@@]32CCN(C(=O)NC(c3ccccc3)C3CC3)C2)cc1C(F)(F)F. The first-order valence-corrected chi connectivity index (χ1v) is 12.3. The van der Waals surface area contributed by atoms with Crippen LogP contribution in [0, 0.1) is 5.92 Å². The van der Waals surface area contributed by atoms with Gasteiger partial charge in [-0.15, -0.1) is 0 Å². The molecule has 1 spiro atoms. The van der Waals surface area contributed by atoms with Crippen LogP contribution in [-0.2, 0) is 18.1 Å². The average Bonchev–Trinajstić information content (AvgIpc) is 3.31. The zero-order chi connectivity index (χ0) is 25.1. The number of alkyl halides is 3. The van der Waals surface area contributed by atoms with Crippen LogP contribution in [0.15, 0.2) is 48.7 Å². The largest absolute Gasteiger partial charge is 0.419 e. The molecule has 3 aromatic rings. The third-order valence-corrected chi connectivity index (χ3v) is 7.82. The lowest BCUT2D eigenvalue weighted by molar-refractivity contribution is -0.137. The summed E-state index contributed by atoms with van der Waals surface area (Å²) in [5.41, 5.74) is 7.04.